The Morgan fingerprint density at radius 1 is 1.15 bits per heavy atom. The minimum Gasteiger partial charge on any atom is -0.353 e. The first-order chi connectivity index (χ1) is 12.9. The van der Waals surface area contributed by atoms with Crippen LogP contribution in [0.2, 0.25) is 0 Å². The first kappa shape index (κ1) is 18.5. The minimum atomic E-state index is -4.38. The molecule has 0 radical (unpaired) electrons. The summed E-state index contributed by atoms with van der Waals surface area (Å²) in [6.45, 7) is 3.22. The molecular weight excluding hydrogens is 359 g/mol. The van der Waals surface area contributed by atoms with E-state index in [9.17, 15) is 18.0 Å². The van der Waals surface area contributed by atoms with Crippen LogP contribution in [0.3, 0.4) is 0 Å². The Labute approximate surface area is 156 Å². The molecule has 3 fully saturated rings. The third-order valence-corrected chi connectivity index (χ3v) is 5.97. The Balaban J connectivity index is 1.35. The van der Waals surface area contributed by atoms with E-state index in [1.54, 1.807) is 0 Å². The van der Waals surface area contributed by atoms with Crippen LogP contribution in [0.4, 0.5) is 19.0 Å². The number of nitrogens with one attached hydrogen (secondary N) is 2. The number of fused-ring (bicyclic) bond motifs is 1. The summed E-state index contributed by atoms with van der Waals surface area (Å²) >= 11 is 0. The zero-order valence-corrected chi connectivity index (χ0v) is 15.0. The van der Waals surface area contributed by atoms with E-state index in [1.807, 2.05) is 9.80 Å². The molecule has 1 amide bonds. The van der Waals surface area contributed by atoms with Gasteiger partial charge >= 0.3 is 6.18 Å². The molecule has 6 nitrogen and oxygen atoms in total. The second-order valence-corrected chi connectivity index (χ2v) is 7.56. The van der Waals surface area contributed by atoms with Crippen molar-refractivity contribution in [1.82, 2.24) is 20.7 Å². The van der Waals surface area contributed by atoms with Gasteiger partial charge in [0.1, 0.15) is 5.82 Å². The van der Waals surface area contributed by atoms with Crippen molar-refractivity contribution in [3.8, 4) is 0 Å². The maximum atomic E-state index is 13.0. The third kappa shape index (κ3) is 3.75. The van der Waals surface area contributed by atoms with Crippen molar-refractivity contribution in [3.63, 3.8) is 0 Å². The Hall–Kier alpha value is -1.87. The predicted octanol–water partition coefficient (Wildman–Crippen LogP) is 1.64. The highest BCUT2D eigenvalue weighted by Gasteiger charge is 2.42. The number of carbonyl (C=O) groups excluding carboxylic acids is 1. The van der Waals surface area contributed by atoms with Crippen molar-refractivity contribution in [1.29, 1.82) is 0 Å². The highest BCUT2D eigenvalue weighted by molar-refractivity contribution is 5.80. The van der Waals surface area contributed by atoms with Gasteiger partial charge in [0.25, 0.3) is 0 Å². The van der Waals surface area contributed by atoms with E-state index in [1.165, 1.54) is 6.07 Å². The number of carbonyl (C=O) groups is 1. The summed E-state index contributed by atoms with van der Waals surface area (Å²) in [5, 5.41) is 0. The largest absolute Gasteiger partial charge is 0.417 e. The van der Waals surface area contributed by atoms with Crippen LogP contribution in [0.25, 0.3) is 0 Å². The second-order valence-electron chi connectivity index (χ2n) is 7.56. The Morgan fingerprint density at radius 3 is 2.59 bits per heavy atom. The molecule has 3 heterocycles. The molecule has 2 aliphatic heterocycles. The fourth-order valence-corrected chi connectivity index (χ4v) is 4.45. The van der Waals surface area contributed by atoms with Crippen LogP contribution in [0, 0.1) is 11.8 Å². The summed E-state index contributed by atoms with van der Waals surface area (Å²) in [6.07, 6.45) is -0.362. The lowest BCUT2D eigenvalue weighted by molar-refractivity contribution is -0.139. The lowest BCUT2D eigenvalue weighted by Crippen LogP contribution is -2.54. The lowest BCUT2D eigenvalue weighted by atomic mass is 9.77. The second kappa shape index (κ2) is 7.27. The van der Waals surface area contributed by atoms with Crippen molar-refractivity contribution < 1.29 is 18.0 Å². The molecule has 9 heteroatoms. The normalized spacial score (nSPS) is 28.9. The maximum absolute atomic E-state index is 13.0. The lowest BCUT2D eigenvalue weighted by Gasteiger charge is -2.40. The van der Waals surface area contributed by atoms with E-state index < -0.39 is 11.7 Å². The Kier molecular flexibility index (Phi) is 4.98. The fraction of sp³-hybridized carbons (Fsp3) is 0.667. The third-order valence-electron chi connectivity index (χ3n) is 5.97. The van der Waals surface area contributed by atoms with E-state index in [0.29, 0.717) is 37.9 Å². The SMILES string of the molecule is O=C(C1CCCC2CNNC21)N1CCN(c2ccc(C(F)(F)F)cn2)CC1. The smallest absolute Gasteiger partial charge is 0.353 e. The Bertz CT molecular complexity index is 673. The number of amides is 1. The van der Waals surface area contributed by atoms with Crippen LogP contribution in [0.1, 0.15) is 24.8 Å². The average molecular weight is 383 g/mol. The molecule has 1 aromatic heterocycles. The van der Waals surface area contributed by atoms with Crippen LogP contribution >= 0.6 is 0 Å². The predicted molar refractivity (Wildman–Crippen MR) is 93.8 cm³/mol. The van der Waals surface area contributed by atoms with Crippen molar-refractivity contribution in [2.45, 2.75) is 31.5 Å². The van der Waals surface area contributed by atoms with Crippen molar-refractivity contribution in [3.05, 3.63) is 23.9 Å². The molecule has 4 rings (SSSR count). The molecule has 2 saturated heterocycles. The average Bonchev–Trinajstić information content (AvgIpc) is 3.16. The molecule has 3 unspecified atom stereocenters. The molecule has 148 valence electrons. The number of hydrazine groups is 1. The zero-order chi connectivity index (χ0) is 19.0. The number of nitrogens with zero attached hydrogens (tertiary/aromatic N) is 3. The highest BCUT2D eigenvalue weighted by Crippen LogP contribution is 2.33. The topological polar surface area (TPSA) is 60.5 Å². The van der Waals surface area contributed by atoms with Gasteiger partial charge in [0, 0.05) is 45.0 Å². The van der Waals surface area contributed by atoms with Gasteiger partial charge in [-0.2, -0.15) is 13.2 Å². The molecular formula is C18H24F3N5O. The molecule has 0 spiro atoms. The molecule has 3 atom stereocenters. The van der Waals surface area contributed by atoms with Crippen LogP contribution in [0.5, 0.6) is 0 Å². The van der Waals surface area contributed by atoms with Crippen LogP contribution in [-0.2, 0) is 11.0 Å². The first-order valence-corrected chi connectivity index (χ1v) is 9.49. The minimum absolute atomic E-state index is 0.00879. The number of halogens is 3. The standard InChI is InChI=1S/C18H24F3N5O/c19-18(20,21)13-4-5-15(22-11-13)25-6-8-26(9-7-25)17(27)14-3-1-2-12-10-23-24-16(12)14/h4-5,11-12,14,16,23-24H,1-3,6-10H2. The number of aromatic nitrogens is 1. The molecule has 0 aromatic carbocycles. The summed E-state index contributed by atoms with van der Waals surface area (Å²) in [7, 11) is 0. The zero-order valence-electron chi connectivity index (χ0n) is 15.0. The van der Waals surface area contributed by atoms with Gasteiger partial charge in [-0.25, -0.2) is 4.98 Å². The van der Waals surface area contributed by atoms with Gasteiger partial charge in [-0.1, -0.05) is 6.42 Å². The van der Waals surface area contributed by atoms with E-state index in [0.717, 1.165) is 38.1 Å². The van der Waals surface area contributed by atoms with Gasteiger partial charge < -0.3 is 9.80 Å². The first-order valence-electron chi connectivity index (χ1n) is 9.49. The molecule has 27 heavy (non-hydrogen) atoms. The molecule has 1 aromatic rings. The van der Waals surface area contributed by atoms with Gasteiger partial charge in [0.15, 0.2) is 0 Å². The molecule has 2 N–H and O–H groups in total. The summed E-state index contributed by atoms with van der Waals surface area (Å²) in [6, 6.07) is 2.67. The number of alkyl halides is 3. The molecule has 1 saturated carbocycles. The number of hydrogen-bond donors (Lipinski definition) is 2. The van der Waals surface area contributed by atoms with E-state index in [2.05, 4.69) is 15.8 Å². The van der Waals surface area contributed by atoms with Crippen LogP contribution in [-0.4, -0.2) is 54.6 Å². The van der Waals surface area contributed by atoms with Gasteiger partial charge in [-0.05, 0) is 30.9 Å². The van der Waals surface area contributed by atoms with Gasteiger partial charge in [-0.15, -0.1) is 0 Å². The Morgan fingerprint density at radius 2 is 1.93 bits per heavy atom. The van der Waals surface area contributed by atoms with Crippen molar-refractivity contribution in [2.75, 3.05) is 37.6 Å². The fourth-order valence-electron chi connectivity index (χ4n) is 4.45. The van der Waals surface area contributed by atoms with Crippen molar-refractivity contribution >= 4 is 11.7 Å². The molecule has 1 aliphatic carbocycles. The summed E-state index contributed by atoms with van der Waals surface area (Å²) < 4.78 is 38.0. The quantitative estimate of drug-likeness (QED) is 0.813. The van der Waals surface area contributed by atoms with Crippen LogP contribution < -0.4 is 15.8 Å². The number of rotatable bonds is 2. The number of piperazine rings is 1. The molecule has 0 bridgehead atoms. The van der Waals surface area contributed by atoms with Gasteiger partial charge in [0.05, 0.1) is 11.5 Å². The van der Waals surface area contributed by atoms with E-state index in [-0.39, 0.29) is 17.9 Å². The summed E-state index contributed by atoms with van der Waals surface area (Å²) in [4.78, 5) is 20.8. The summed E-state index contributed by atoms with van der Waals surface area (Å²) in [5.74, 6) is 1.25. The number of pyridine rings is 1. The van der Waals surface area contributed by atoms with Gasteiger partial charge in [-0.3, -0.25) is 15.6 Å². The summed E-state index contributed by atoms with van der Waals surface area (Å²) in [5.41, 5.74) is 5.70. The maximum Gasteiger partial charge on any atom is 0.417 e. The van der Waals surface area contributed by atoms with E-state index in [4.69, 9.17) is 0 Å². The van der Waals surface area contributed by atoms with E-state index >= 15 is 0 Å². The number of hydrogen-bond acceptors (Lipinski definition) is 5. The van der Waals surface area contributed by atoms with Crippen molar-refractivity contribution in [2.24, 2.45) is 11.8 Å². The monoisotopic (exact) mass is 383 g/mol. The molecule has 3 aliphatic rings. The van der Waals surface area contributed by atoms with Crippen LogP contribution in [0.15, 0.2) is 18.3 Å². The van der Waals surface area contributed by atoms with Gasteiger partial charge in [0.2, 0.25) is 5.91 Å². The highest BCUT2D eigenvalue weighted by atomic mass is 19.4. The number of anilines is 1.